The van der Waals surface area contributed by atoms with Crippen molar-refractivity contribution in [2.45, 2.75) is 26.4 Å². The minimum atomic E-state index is -0.439. The van der Waals surface area contributed by atoms with Crippen molar-refractivity contribution in [3.8, 4) is 5.75 Å². The molecule has 1 aromatic heterocycles. The summed E-state index contributed by atoms with van der Waals surface area (Å²) in [7, 11) is 1.55. The normalized spacial score (nSPS) is 10.7. The molecule has 3 rings (SSSR count). The number of hydroxylamine groups is 1. The highest BCUT2D eigenvalue weighted by molar-refractivity contribution is 5.82. The van der Waals surface area contributed by atoms with E-state index in [4.69, 9.17) is 14.0 Å². The Hall–Kier alpha value is -3.12. The van der Waals surface area contributed by atoms with Crippen LogP contribution in [-0.2, 0) is 22.7 Å². The number of ether oxygens (including phenoxy) is 1. The summed E-state index contributed by atoms with van der Waals surface area (Å²) < 4.78 is 10.5. The lowest BCUT2D eigenvalue weighted by atomic mass is 10.0. The minimum Gasteiger partial charge on any atom is -0.497 e. The third kappa shape index (κ3) is 4.54. The van der Waals surface area contributed by atoms with E-state index >= 15 is 0 Å². The van der Waals surface area contributed by atoms with E-state index < -0.39 is 5.63 Å². The standard InChI is InChI=1S/C21H21NO5/c1-14-17-9-8-16(25-2)12-19(17)27-21(24)18(14)10-11-20(23)22-26-13-15-6-4-3-5-7-15/h3-9,12H,10-11,13H2,1-2H3,(H,22,23). The Balaban J connectivity index is 1.62. The zero-order valence-electron chi connectivity index (χ0n) is 15.3. The lowest BCUT2D eigenvalue weighted by molar-refractivity contribution is -0.134. The van der Waals surface area contributed by atoms with Crippen LogP contribution in [0.1, 0.15) is 23.1 Å². The number of hydrogen-bond acceptors (Lipinski definition) is 5. The average Bonchev–Trinajstić information content (AvgIpc) is 2.68. The average molecular weight is 367 g/mol. The van der Waals surface area contributed by atoms with E-state index in [9.17, 15) is 9.59 Å². The van der Waals surface area contributed by atoms with Gasteiger partial charge in [0.1, 0.15) is 11.3 Å². The number of aryl methyl sites for hydroxylation is 1. The van der Waals surface area contributed by atoms with Gasteiger partial charge in [-0.05, 0) is 36.6 Å². The van der Waals surface area contributed by atoms with Crippen LogP contribution in [0.2, 0.25) is 0 Å². The van der Waals surface area contributed by atoms with E-state index in [2.05, 4.69) is 5.48 Å². The van der Waals surface area contributed by atoms with Gasteiger partial charge >= 0.3 is 5.63 Å². The van der Waals surface area contributed by atoms with Crippen molar-refractivity contribution in [2.24, 2.45) is 0 Å². The van der Waals surface area contributed by atoms with Crippen LogP contribution >= 0.6 is 0 Å². The topological polar surface area (TPSA) is 77.8 Å². The molecule has 0 aliphatic rings. The van der Waals surface area contributed by atoms with Gasteiger partial charge in [-0.2, -0.15) is 0 Å². The molecule has 2 aromatic carbocycles. The van der Waals surface area contributed by atoms with E-state index in [1.54, 1.807) is 13.2 Å². The molecule has 27 heavy (non-hydrogen) atoms. The first-order chi connectivity index (χ1) is 13.1. The maximum absolute atomic E-state index is 12.3. The predicted octanol–water partition coefficient (Wildman–Crippen LogP) is 3.29. The lowest BCUT2D eigenvalue weighted by Gasteiger charge is -2.09. The van der Waals surface area contributed by atoms with Crippen LogP contribution in [0.3, 0.4) is 0 Å². The van der Waals surface area contributed by atoms with Crippen molar-refractivity contribution in [2.75, 3.05) is 7.11 Å². The van der Waals surface area contributed by atoms with Crippen molar-refractivity contribution >= 4 is 16.9 Å². The largest absolute Gasteiger partial charge is 0.497 e. The second-order valence-electron chi connectivity index (χ2n) is 6.15. The summed E-state index contributed by atoms with van der Waals surface area (Å²) in [6, 6.07) is 14.9. The number of carbonyl (C=O) groups is 1. The van der Waals surface area contributed by atoms with Gasteiger partial charge < -0.3 is 9.15 Å². The first-order valence-corrected chi connectivity index (χ1v) is 8.63. The van der Waals surface area contributed by atoms with Gasteiger partial charge in [0.05, 0.1) is 13.7 Å². The summed E-state index contributed by atoms with van der Waals surface area (Å²) in [6.07, 6.45) is 0.402. The fraction of sp³-hybridized carbons (Fsp3) is 0.238. The Morgan fingerprint density at radius 2 is 1.93 bits per heavy atom. The summed E-state index contributed by atoms with van der Waals surface area (Å²) in [6.45, 7) is 2.14. The van der Waals surface area contributed by atoms with Crippen molar-refractivity contribution < 1.29 is 18.8 Å². The highest BCUT2D eigenvalue weighted by atomic mass is 16.6. The highest BCUT2D eigenvalue weighted by Crippen LogP contribution is 2.24. The van der Waals surface area contributed by atoms with Crippen molar-refractivity contribution in [1.29, 1.82) is 0 Å². The quantitative estimate of drug-likeness (QED) is 0.512. The van der Waals surface area contributed by atoms with Crippen LogP contribution in [0.5, 0.6) is 5.75 Å². The molecule has 3 aromatic rings. The molecule has 0 bridgehead atoms. The smallest absolute Gasteiger partial charge is 0.339 e. The Morgan fingerprint density at radius 3 is 2.67 bits per heavy atom. The summed E-state index contributed by atoms with van der Waals surface area (Å²) >= 11 is 0. The molecule has 140 valence electrons. The molecule has 1 heterocycles. The lowest BCUT2D eigenvalue weighted by Crippen LogP contribution is -2.24. The van der Waals surface area contributed by atoms with E-state index in [0.29, 0.717) is 16.9 Å². The molecule has 0 aliphatic carbocycles. The summed E-state index contributed by atoms with van der Waals surface area (Å²) in [5, 5.41) is 0.825. The van der Waals surface area contributed by atoms with Crippen LogP contribution in [-0.4, -0.2) is 13.0 Å². The number of hydrogen-bond donors (Lipinski definition) is 1. The van der Waals surface area contributed by atoms with Crippen molar-refractivity contribution in [3.05, 3.63) is 75.6 Å². The number of amides is 1. The number of fused-ring (bicyclic) bond motifs is 1. The highest BCUT2D eigenvalue weighted by Gasteiger charge is 2.13. The molecule has 0 atom stereocenters. The van der Waals surface area contributed by atoms with Gasteiger partial charge in [-0.1, -0.05) is 30.3 Å². The molecule has 1 amide bonds. The Labute approximate surface area is 156 Å². The number of rotatable bonds is 7. The molecule has 6 nitrogen and oxygen atoms in total. The molecule has 0 saturated heterocycles. The zero-order chi connectivity index (χ0) is 19.2. The number of methoxy groups -OCH3 is 1. The fourth-order valence-corrected chi connectivity index (χ4v) is 2.85. The Morgan fingerprint density at radius 1 is 1.15 bits per heavy atom. The molecule has 0 radical (unpaired) electrons. The van der Waals surface area contributed by atoms with Crippen LogP contribution in [0.25, 0.3) is 11.0 Å². The third-order valence-electron chi connectivity index (χ3n) is 4.36. The molecule has 6 heteroatoms. The van der Waals surface area contributed by atoms with E-state index in [1.165, 1.54) is 0 Å². The second kappa shape index (κ2) is 8.51. The summed E-state index contributed by atoms with van der Waals surface area (Å²) in [5.74, 6) is 0.326. The molecular weight excluding hydrogens is 346 g/mol. The molecular formula is C21H21NO5. The van der Waals surface area contributed by atoms with Crippen LogP contribution in [0.15, 0.2) is 57.7 Å². The van der Waals surface area contributed by atoms with Gasteiger partial charge in [0.25, 0.3) is 0 Å². The van der Waals surface area contributed by atoms with Gasteiger partial charge in [-0.3, -0.25) is 9.63 Å². The fourth-order valence-electron chi connectivity index (χ4n) is 2.85. The number of nitrogens with one attached hydrogen (secondary N) is 1. The Bertz CT molecular complexity index is 995. The first-order valence-electron chi connectivity index (χ1n) is 8.63. The van der Waals surface area contributed by atoms with Gasteiger partial charge in [-0.15, -0.1) is 0 Å². The SMILES string of the molecule is COc1ccc2c(C)c(CCC(=O)NOCc3ccccc3)c(=O)oc2c1. The van der Waals surface area contributed by atoms with Crippen molar-refractivity contribution in [1.82, 2.24) is 5.48 Å². The first kappa shape index (κ1) is 18.7. The molecule has 0 saturated carbocycles. The molecule has 0 fully saturated rings. The molecule has 1 N–H and O–H groups in total. The van der Waals surface area contributed by atoms with Gasteiger partial charge in [0, 0.05) is 23.4 Å². The van der Waals surface area contributed by atoms with E-state index in [0.717, 1.165) is 16.5 Å². The monoisotopic (exact) mass is 367 g/mol. The maximum atomic E-state index is 12.3. The van der Waals surface area contributed by atoms with Gasteiger partial charge in [-0.25, -0.2) is 10.3 Å². The van der Waals surface area contributed by atoms with Gasteiger partial charge in [0.15, 0.2) is 0 Å². The zero-order valence-corrected chi connectivity index (χ0v) is 15.3. The molecule has 0 unspecified atom stereocenters. The summed E-state index contributed by atoms with van der Waals surface area (Å²) in [4.78, 5) is 29.5. The minimum absolute atomic E-state index is 0.127. The van der Waals surface area contributed by atoms with Crippen molar-refractivity contribution in [3.63, 3.8) is 0 Å². The third-order valence-corrected chi connectivity index (χ3v) is 4.36. The van der Waals surface area contributed by atoms with Gasteiger partial charge in [0.2, 0.25) is 5.91 Å². The Kier molecular flexibility index (Phi) is 5.88. The van der Waals surface area contributed by atoms with E-state index in [-0.39, 0.29) is 25.4 Å². The summed E-state index contributed by atoms with van der Waals surface area (Å²) in [5.41, 5.74) is 4.69. The van der Waals surface area contributed by atoms with E-state index in [1.807, 2.05) is 49.4 Å². The van der Waals surface area contributed by atoms with Crippen LogP contribution in [0.4, 0.5) is 0 Å². The number of benzene rings is 2. The number of carbonyl (C=O) groups excluding carboxylic acids is 1. The maximum Gasteiger partial charge on any atom is 0.339 e. The predicted molar refractivity (Wildman–Crippen MR) is 101 cm³/mol. The molecule has 0 spiro atoms. The second-order valence-corrected chi connectivity index (χ2v) is 6.15. The van der Waals surface area contributed by atoms with Crippen LogP contribution in [0, 0.1) is 6.92 Å². The molecule has 0 aliphatic heterocycles. The van der Waals surface area contributed by atoms with Crippen LogP contribution < -0.4 is 15.8 Å².